The largest absolute Gasteiger partial charge is 0.497 e. The summed E-state index contributed by atoms with van der Waals surface area (Å²) < 4.78 is 25.8. The van der Waals surface area contributed by atoms with Crippen LogP contribution >= 0.6 is 27.7 Å². The first-order valence-electron chi connectivity index (χ1n) is 8.13. The van der Waals surface area contributed by atoms with Gasteiger partial charge in [-0.2, -0.15) is 0 Å². The van der Waals surface area contributed by atoms with Crippen molar-refractivity contribution < 1.29 is 23.1 Å². The number of thioether (sulfide) groups is 1. The van der Waals surface area contributed by atoms with E-state index in [0.29, 0.717) is 26.7 Å². The number of amides is 1. The van der Waals surface area contributed by atoms with Gasteiger partial charge in [-0.15, -0.1) is 0 Å². The second kappa shape index (κ2) is 9.07. The Bertz CT molecular complexity index is 1040. The first kappa shape index (κ1) is 20.2. The van der Waals surface area contributed by atoms with Gasteiger partial charge in [0, 0.05) is 28.8 Å². The van der Waals surface area contributed by atoms with E-state index in [2.05, 4.69) is 26.5 Å². The van der Waals surface area contributed by atoms with Crippen LogP contribution in [0.3, 0.4) is 0 Å². The van der Waals surface area contributed by atoms with Crippen LogP contribution in [0.25, 0.3) is 5.69 Å². The van der Waals surface area contributed by atoms with Crippen molar-refractivity contribution in [2.24, 2.45) is 0 Å². The minimum atomic E-state index is -0.541. The minimum Gasteiger partial charge on any atom is -0.497 e. The first-order chi connectivity index (χ1) is 13.5. The molecule has 0 saturated carbocycles. The molecule has 0 radical (unpaired) electrons. The van der Waals surface area contributed by atoms with Gasteiger partial charge in [0.1, 0.15) is 11.6 Å². The number of hydrogen-bond acceptors (Lipinski definition) is 5. The topological polar surface area (TPSA) is 88.2 Å². The Morgan fingerprint density at radius 2 is 2.07 bits per heavy atom. The summed E-state index contributed by atoms with van der Waals surface area (Å²) in [6, 6.07) is 11.4. The van der Waals surface area contributed by atoms with E-state index in [9.17, 15) is 14.0 Å². The first-order valence-corrected chi connectivity index (χ1v) is 9.91. The number of benzene rings is 2. The van der Waals surface area contributed by atoms with Gasteiger partial charge in [-0.3, -0.25) is 9.32 Å². The molecule has 1 heterocycles. The van der Waals surface area contributed by atoms with Gasteiger partial charge in [0.05, 0.1) is 12.8 Å². The Kier molecular flexibility index (Phi) is 6.53. The lowest BCUT2D eigenvalue weighted by Crippen LogP contribution is -2.36. The number of ether oxygens (including phenoxy) is 1. The van der Waals surface area contributed by atoms with Crippen molar-refractivity contribution in [2.45, 2.75) is 11.4 Å². The molecule has 0 atom stereocenters. The van der Waals surface area contributed by atoms with E-state index >= 15 is 0 Å². The van der Waals surface area contributed by atoms with E-state index in [1.165, 1.54) is 16.8 Å². The van der Waals surface area contributed by atoms with Crippen LogP contribution in [0.15, 0.2) is 61.3 Å². The van der Waals surface area contributed by atoms with Crippen LogP contribution in [0.5, 0.6) is 5.75 Å². The van der Waals surface area contributed by atoms with Gasteiger partial charge in [0.15, 0.2) is 0 Å². The number of aromatic amines is 1. The Morgan fingerprint density at radius 3 is 2.75 bits per heavy atom. The molecule has 3 aromatic rings. The highest BCUT2D eigenvalue weighted by molar-refractivity contribution is 9.10. The molecule has 0 aliphatic rings. The molecule has 7 nitrogen and oxygen atoms in total. The van der Waals surface area contributed by atoms with Gasteiger partial charge < -0.3 is 10.1 Å². The zero-order chi connectivity index (χ0) is 20.1. The zero-order valence-corrected chi connectivity index (χ0v) is 17.1. The second-order valence-corrected chi connectivity index (χ2v) is 7.59. The minimum absolute atomic E-state index is 0.0907. The molecule has 0 fully saturated rings. The van der Waals surface area contributed by atoms with Gasteiger partial charge in [-0.05, 0) is 52.0 Å². The number of anilines is 1. The van der Waals surface area contributed by atoms with Crippen molar-refractivity contribution in [2.75, 3.05) is 18.2 Å². The van der Waals surface area contributed by atoms with E-state index < -0.39 is 11.4 Å². The van der Waals surface area contributed by atoms with E-state index in [0.717, 1.165) is 11.8 Å². The average Bonchev–Trinajstić information content (AvgIpc) is 3.05. The van der Waals surface area contributed by atoms with Gasteiger partial charge in [0.2, 0.25) is 11.6 Å². The van der Waals surface area contributed by atoms with Gasteiger partial charge >= 0.3 is 10.7 Å². The third-order valence-corrected chi connectivity index (χ3v) is 5.24. The number of carbonyl (C=O) groups is 1. The molecule has 10 heteroatoms. The molecular formula is C18H16BrFN3O4S+. The third kappa shape index (κ3) is 4.82. The van der Waals surface area contributed by atoms with Crippen molar-refractivity contribution in [3.63, 3.8) is 0 Å². The highest BCUT2D eigenvalue weighted by Crippen LogP contribution is 2.20. The van der Waals surface area contributed by atoms with Crippen LogP contribution in [0.4, 0.5) is 10.1 Å². The fourth-order valence-electron chi connectivity index (χ4n) is 2.33. The number of nitrogens with one attached hydrogen (secondary N) is 2. The molecule has 0 aliphatic carbocycles. The summed E-state index contributed by atoms with van der Waals surface area (Å²) in [6.45, 7) is 0. The molecule has 1 aromatic heterocycles. The smallest absolute Gasteiger partial charge is 0.442 e. The summed E-state index contributed by atoms with van der Waals surface area (Å²) in [7, 11) is 1.56. The summed E-state index contributed by atoms with van der Waals surface area (Å²) in [5, 5.41) is 5.34. The van der Waals surface area contributed by atoms with Gasteiger partial charge in [-0.1, -0.05) is 15.9 Å². The van der Waals surface area contributed by atoms with Crippen LogP contribution in [0, 0.1) is 5.82 Å². The standard InChI is InChI=1S/C18H15BrFN3O4S/c1-26-13-5-3-12(4-6-13)23-17(18(25)27-22-23)28-9-8-16(24)21-15-7-2-11(19)10-14(15)20/h2-7,10H,8-9H2,1H3,(H-,21,22,24,25)/p+1. The molecule has 0 unspecified atom stereocenters. The van der Waals surface area contributed by atoms with Crippen LogP contribution in [-0.4, -0.2) is 24.0 Å². The number of rotatable bonds is 7. The molecule has 0 aliphatic heterocycles. The molecule has 0 saturated heterocycles. The predicted octanol–water partition coefficient (Wildman–Crippen LogP) is 3.28. The maximum absolute atomic E-state index is 13.8. The van der Waals surface area contributed by atoms with Crippen molar-refractivity contribution in [1.29, 1.82) is 0 Å². The van der Waals surface area contributed by atoms with Gasteiger partial charge in [-0.25, -0.2) is 9.18 Å². The highest BCUT2D eigenvalue weighted by Gasteiger charge is 2.24. The van der Waals surface area contributed by atoms with E-state index in [1.54, 1.807) is 37.4 Å². The van der Waals surface area contributed by atoms with Crippen molar-refractivity contribution in [3.8, 4) is 11.4 Å². The maximum Gasteiger partial charge on any atom is 0.442 e. The van der Waals surface area contributed by atoms with Crippen LogP contribution in [0.1, 0.15) is 6.42 Å². The number of carbonyl (C=O) groups excluding carboxylic acids is 1. The summed E-state index contributed by atoms with van der Waals surface area (Å²) >= 11 is 4.32. The van der Waals surface area contributed by atoms with E-state index in [-0.39, 0.29) is 18.0 Å². The maximum atomic E-state index is 13.8. The number of aromatic nitrogens is 2. The van der Waals surface area contributed by atoms with E-state index in [4.69, 9.17) is 9.26 Å². The average molecular weight is 469 g/mol. The lowest BCUT2D eigenvalue weighted by molar-refractivity contribution is -0.704. The Balaban J connectivity index is 1.62. The Hall–Kier alpha value is -2.59. The monoisotopic (exact) mass is 468 g/mol. The molecule has 28 heavy (non-hydrogen) atoms. The normalized spacial score (nSPS) is 10.7. The van der Waals surface area contributed by atoms with Crippen LogP contribution < -0.4 is 20.4 Å². The van der Waals surface area contributed by atoms with Crippen LogP contribution in [0.2, 0.25) is 0 Å². The zero-order valence-electron chi connectivity index (χ0n) is 14.7. The summed E-state index contributed by atoms with van der Waals surface area (Å²) in [5.74, 6) is 0.104. The Morgan fingerprint density at radius 1 is 1.32 bits per heavy atom. The SMILES string of the molecule is COc1ccc(-[n+]2[nH]oc(=O)c2SCCC(=O)Nc2ccc(Br)cc2F)cc1. The number of halogens is 2. The lowest BCUT2D eigenvalue weighted by atomic mass is 10.3. The molecule has 1 amide bonds. The predicted molar refractivity (Wildman–Crippen MR) is 105 cm³/mol. The third-order valence-electron chi connectivity index (χ3n) is 3.71. The molecule has 0 spiro atoms. The summed E-state index contributed by atoms with van der Waals surface area (Å²) in [5.41, 5.74) is 0.239. The lowest BCUT2D eigenvalue weighted by Gasteiger charge is -2.06. The number of hydrogen-bond donors (Lipinski definition) is 2. The fourth-order valence-corrected chi connectivity index (χ4v) is 3.58. The number of methoxy groups -OCH3 is 1. The summed E-state index contributed by atoms with van der Waals surface area (Å²) in [4.78, 5) is 24.0. The molecule has 0 bridgehead atoms. The molecule has 3 rings (SSSR count). The Labute approximate surface area is 172 Å². The molecule has 146 valence electrons. The number of H-pyrrole nitrogens is 1. The van der Waals surface area contributed by atoms with E-state index in [1.807, 2.05) is 0 Å². The highest BCUT2D eigenvalue weighted by atomic mass is 79.9. The van der Waals surface area contributed by atoms with Crippen molar-refractivity contribution in [3.05, 3.63) is 63.2 Å². The molecular weight excluding hydrogens is 453 g/mol. The molecule has 2 aromatic carbocycles. The fraction of sp³-hybridized carbons (Fsp3) is 0.167. The van der Waals surface area contributed by atoms with Crippen LogP contribution in [-0.2, 0) is 4.79 Å². The quantitative estimate of drug-likeness (QED) is 0.410. The summed E-state index contributed by atoms with van der Waals surface area (Å²) in [6.07, 6.45) is 0.0907. The van der Waals surface area contributed by atoms with Gasteiger partial charge in [0.25, 0.3) is 0 Å². The molecule has 2 N–H and O–H groups in total. The number of nitrogens with zero attached hydrogens (tertiary/aromatic N) is 1. The van der Waals surface area contributed by atoms with Crippen molar-refractivity contribution in [1.82, 2.24) is 5.27 Å². The van der Waals surface area contributed by atoms with Crippen molar-refractivity contribution >= 4 is 39.3 Å². The second-order valence-electron chi connectivity index (χ2n) is 5.59.